The number of nitrogens with zero attached hydrogens (tertiary/aromatic N) is 1. The Labute approximate surface area is 124 Å². The predicted octanol–water partition coefficient (Wildman–Crippen LogP) is 1.76. The molecule has 1 fully saturated rings. The lowest BCUT2D eigenvalue weighted by Crippen LogP contribution is -2.43. The van der Waals surface area contributed by atoms with Gasteiger partial charge in [-0.05, 0) is 19.8 Å². The Morgan fingerprint density at radius 2 is 2.14 bits per heavy atom. The summed E-state index contributed by atoms with van der Waals surface area (Å²) in [6.45, 7) is 1.78. The summed E-state index contributed by atoms with van der Waals surface area (Å²) in [4.78, 5) is 24.0. The highest BCUT2D eigenvalue weighted by Crippen LogP contribution is 2.24. The number of hydrogen-bond acceptors (Lipinski definition) is 5. The van der Waals surface area contributed by atoms with Crippen LogP contribution in [0.1, 0.15) is 43.6 Å². The predicted molar refractivity (Wildman–Crippen MR) is 75.5 cm³/mol. The summed E-state index contributed by atoms with van der Waals surface area (Å²) in [7, 11) is 1.39. The highest BCUT2D eigenvalue weighted by atomic mass is 16.5. The second kappa shape index (κ2) is 7.24. The Morgan fingerprint density at radius 1 is 1.38 bits per heavy atom. The van der Waals surface area contributed by atoms with E-state index >= 15 is 0 Å². The third-order valence-corrected chi connectivity index (χ3v) is 3.88. The van der Waals surface area contributed by atoms with Gasteiger partial charge in [-0.15, -0.1) is 0 Å². The zero-order valence-corrected chi connectivity index (χ0v) is 12.6. The van der Waals surface area contributed by atoms with E-state index in [1.807, 2.05) is 0 Å². The third kappa shape index (κ3) is 4.31. The van der Waals surface area contributed by atoms with Gasteiger partial charge in [0.05, 0.1) is 25.1 Å². The molecule has 0 unspecified atom stereocenters. The molecule has 2 atom stereocenters. The van der Waals surface area contributed by atoms with Crippen LogP contribution in [0.2, 0.25) is 0 Å². The molecule has 0 bridgehead atoms. The lowest BCUT2D eigenvalue weighted by Gasteiger charge is -2.23. The number of amides is 1. The van der Waals surface area contributed by atoms with Gasteiger partial charge in [0.1, 0.15) is 5.76 Å². The second-order valence-corrected chi connectivity index (χ2v) is 5.55. The van der Waals surface area contributed by atoms with Gasteiger partial charge < -0.3 is 14.6 Å². The Kier molecular flexibility index (Phi) is 5.36. The van der Waals surface area contributed by atoms with E-state index in [2.05, 4.69) is 10.5 Å². The first kappa shape index (κ1) is 15.5. The number of rotatable bonds is 4. The van der Waals surface area contributed by atoms with Gasteiger partial charge in [0.15, 0.2) is 0 Å². The molecule has 1 heterocycles. The lowest BCUT2D eigenvalue weighted by molar-refractivity contribution is -0.147. The smallest absolute Gasteiger partial charge is 0.310 e. The lowest BCUT2D eigenvalue weighted by atomic mass is 9.94. The average molecular weight is 294 g/mol. The molecular formula is C15H22N2O4. The minimum atomic E-state index is -0.250. The van der Waals surface area contributed by atoms with Crippen molar-refractivity contribution in [1.29, 1.82) is 0 Å². The van der Waals surface area contributed by atoms with E-state index in [9.17, 15) is 9.59 Å². The van der Waals surface area contributed by atoms with Crippen molar-refractivity contribution < 1.29 is 18.8 Å². The molecule has 0 aliphatic heterocycles. The number of carbonyl (C=O) groups is 2. The highest BCUT2D eigenvalue weighted by Gasteiger charge is 2.31. The maximum absolute atomic E-state index is 12.1. The molecule has 0 saturated heterocycles. The summed E-state index contributed by atoms with van der Waals surface area (Å²) in [5.41, 5.74) is 0.605. The number of ether oxygens (including phenoxy) is 1. The molecule has 1 saturated carbocycles. The van der Waals surface area contributed by atoms with Crippen LogP contribution < -0.4 is 5.32 Å². The third-order valence-electron chi connectivity index (χ3n) is 3.88. The van der Waals surface area contributed by atoms with E-state index in [1.54, 1.807) is 13.0 Å². The Bertz CT molecular complexity index is 498. The SMILES string of the molecule is COC(=O)[C@@H]1CCCCC[C@@H]1NC(=O)Cc1cc(C)on1. The van der Waals surface area contributed by atoms with E-state index in [4.69, 9.17) is 9.26 Å². The van der Waals surface area contributed by atoms with Gasteiger partial charge >= 0.3 is 5.97 Å². The number of aromatic nitrogens is 1. The topological polar surface area (TPSA) is 81.4 Å². The minimum absolute atomic E-state index is 0.135. The first-order valence-corrected chi connectivity index (χ1v) is 7.39. The van der Waals surface area contributed by atoms with E-state index in [0.717, 1.165) is 32.1 Å². The zero-order valence-electron chi connectivity index (χ0n) is 12.6. The van der Waals surface area contributed by atoms with E-state index in [0.29, 0.717) is 11.5 Å². The Balaban J connectivity index is 1.96. The summed E-state index contributed by atoms with van der Waals surface area (Å²) in [6, 6.07) is 1.59. The molecule has 0 radical (unpaired) electrons. The van der Waals surface area contributed by atoms with E-state index < -0.39 is 0 Å². The van der Waals surface area contributed by atoms with Gasteiger partial charge in [-0.3, -0.25) is 9.59 Å². The molecule has 1 amide bonds. The number of esters is 1. The fourth-order valence-corrected chi connectivity index (χ4v) is 2.84. The van der Waals surface area contributed by atoms with Crippen LogP contribution >= 0.6 is 0 Å². The molecule has 1 aromatic rings. The summed E-state index contributed by atoms with van der Waals surface area (Å²) < 4.78 is 9.81. The maximum Gasteiger partial charge on any atom is 0.310 e. The summed E-state index contributed by atoms with van der Waals surface area (Å²) >= 11 is 0. The van der Waals surface area contributed by atoms with E-state index in [1.165, 1.54) is 7.11 Å². The van der Waals surface area contributed by atoms with Crippen LogP contribution in [0.5, 0.6) is 0 Å². The monoisotopic (exact) mass is 294 g/mol. The van der Waals surface area contributed by atoms with Crippen LogP contribution in [-0.2, 0) is 20.7 Å². The number of methoxy groups -OCH3 is 1. The van der Waals surface area contributed by atoms with Crippen molar-refractivity contribution >= 4 is 11.9 Å². The van der Waals surface area contributed by atoms with Crippen LogP contribution in [0, 0.1) is 12.8 Å². The van der Waals surface area contributed by atoms with Gasteiger partial charge in [-0.25, -0.2) is 0 Å². The van der Waals surface area contributed by atoms with Gasteiger partial charge in [-0.1, -0.05) is 24.4 Å². The van der Waals surface area contributed by atoms with Gasteiger partial charge in [-0.2, -0.15) is 0 Å². The molecule has 6 heteroatoms. The molecule has 1 aliphatic rings. The Morgan fingerprint density at radius 3 is 2.81 bits per heavy atom. The first-order valence-electron chi connectivity index (χ1n) is 7.39. The molecule has 21 heavy (non-hydrogen) atoms. The van der Waals surface area contributed by atoms with Crippen molar-refractivity contribution in [3.8, 4) is 0 Å². The largest absolute Gasteiger partial charge is 0.469 e. The van der Waals surface area contributed by atoms with Crippen LogP contribution in [0.15, 0.2) is 10.6 Å². The van der Waals surface area contributed by atoms with Crippen molar-refractivity contribution in [3.05, 3.63) is 17.5 Å². The quantitative estimate of drug-likeness (QED) is 0.676. The molecular weight excluding hydrogens is 272 g/mol. The van der Waals surface area contributed by atoms with Crippen LogP contribution in [0.3, 0.4) is 0 Å². The molecule has 1 N–H and O–H groups in total. The summed E-state index contributed by atoms with van der Waals surface area (Å²) in [6.07, 6.45) is 4.84. The number of carbonyl (C=O) groups excluding carboxylic acids is 2. The maximum atomic E-state index is 12.1. The second-order valence-electron chi connectivity index (χ2n) is 5.55. The van der Waals surface area contributed by atoms with Crippen molar-refractivity contribution in [3.63, 3.8) is 0 Å². The Hall–Kier alpha value is -1.85. The number of aryl methyl sites for hydroxylation is 1. The fraction of sp³-hybridized carbons (Fsp3) is 0.667. The molecule has 1 aliphatic carbocycles. The zero-order chi connectivity index (χ0) is 15.2. The van der Waals surface area contributed by atoms with Gasteiger partial charge in [0, 0.05) is 12.1 Å². The van der Waals surface area contributed by atoms with Gasteiger partial charge in [0.25, 0.3) is 0 Å². The van der Waals surface area contributed by atoms with Crippen molar-refractivity contribution in [1.82, 2.24) is 10.5 Å². The number of nitrogens with one attached hydrogen (secondary N) is 1. The van der Waals surface area contributed by atoms with Crippen LogP contribution in [-0.4, -0.2) is 30.2 Å². The first-order chi connectivity index (χ1) is 10.1. The molecule has 1 aromatic heterocycles. The van der Waals surface area contributed by atoms with Gasteiger partial charge in [0.2, 0.25) is 5.91 Å². The number of hydrogen-bond donors (Lipinski definition) is 1. The normalized spacial score (nSPS) is 22.4. The van der Waals surface area contributed by atoms with Crippen molar-refractivity contribution in [2.24, 2.45) is 5.92 Å². The molecule has 0 aromatic carbocycles. The summed E-state index contributed by atoms with van der Waals surface area (Å²) in [5.74, 6) is 0.0591. The van der Waals surface area contributed by atoms with Crippen molar-refractivity contribution in [2.75, 3.05) is 7.11 Å². The molecule has 6 nitrogen and oxygen atoms in total. The summed E-state index contributed by atoms with van der Waals surface area (Å²) in [5, 5.41) is 6.77. The van der Waals surface area contributed by atoms with E-state index in [-0.39, 0.29) is 30.3 Å². The molecule has 2 rings (SSSR count). The molecule has 116 valence electrons. The average Bonchev–Trinajstić information content (AvgIpc) is 2.72. The standard InChI is InChI=1S/C15H22N2O4/c1-10-8-11(17-21-10)9-14(18)16-13-7-5-3-4-6-12(13)15(19)20-2/h8,12-13H,3-7,9H2,1-2H3,(H,16,18)/t12-,13+/m1/s1. The highest BCUT2D eigenvalue weighted by molar-refractivity contribution is 5.80. The van der Waals surface area contributed by atoms with Crippen LogP contribution in [0.4, 0.5) is 0 Å². The minimum Gasteiger partial charge on any atom is -0.469 e. The van der Waals surface area contributed by atoms with Crippen LogP contribution in [0.25, 0.3) is 0 Å². The van der Waals surface area contributed by atoms with Crippen molar-refractivity contribution in [2.45, 2.75) is 51.5 Å². The molecule has 0 spiro atoms. The fourth-order valence-electron chi connectivity index (χ4n) is 2.84.